The Hall–Kier alpha value is -8.58. The summed E-state index contributed by atoms with van der Waals surface area (Å²) in [5, 5.41) is 7.78. The Bertz CT molecular complexity index is 3650. The molecule has 2 aliphatic carbocycles. The lowest BCUT2D eigenvalue weighted by Gasteiger charge is -2.25. The number of benzene rings is 12. The fourth-order valence-corrected chi connectivity index (χ4v) is 11.8. The van der Waals surface area contributed by atoms with Crippen LogP contribution in [0.1, 0.15) is 0 Å². The molecule has 0 saturated carbocycles. The summed E-state index contributed by atoms with van der Waals surface area (Å²) in [6.07, 6.45) is 0. The molecule has 12 aromatic carbocycles. The van der Waals surface area contributed by atoms with Gasteiger partial charge in [-0.1, -0.05) is 243 Å². The van der Waals surface area contributed by atoms with Crippen LogP contribution < -0.4 is 0 Å². The van der Waals surface area contributed by atoms with E-state index in [4.69, 9.17) is 0 Å². The largest absolute Gasteiger partial charge is 0.0622 e. The molecule has 66 heavy (non-hydrogen) atoms. The van der Waals surface area contributed by atoms with Crippen LogP contribution in [0.25, 0.3) is 144 Å². The van der Waals surface area contributed by atoms with Crippen molar-refractivity contribution < 1.29 is 0 Å². The van der Waals surface area contributed by atoms with Crippen LogP contribution in [-0.2, 0) is 0 Å². The first-order chi connectivity index (χ1) is 32.8. The first-order valence-corrected chi connectivity index (χ1v) is 23.0. The normalized spacial score (nSPS) is 11.9. The Labute approximate surface area is 384 Å². The molecular formula is C66H40. The quantitative estimate of drug-likeness (QED) is 0.157. The van der Waals surface area contributed by atoms with E-state index in [-0.39, 0.29) is 0 Å². The highest BCUT2D eigenvalue weighted by atomic mass is 14.4. The zero-order chi connectivity index (χ0) is 43.3. The van der Waals surface area contributed by atoms with E-state index in [1.807, 2.05) is 0 Å². The van der Waals surface area contributed by atoms with Crippen LogP contribution in [0, 0.1) is 0 Å². The molecule has 2 aliphatic rings. The summed E-state index contributed by atoms with van der Waals surface area (Å²) in [4.78, 5) is 0. The smallest absolute Gasteiger partial charge is 0.000717 e. The maximum atomic E-state index is 2.47. The van der Waals surface area contributed by atoms with Crippen molar-refractivity contribution >= 4 is 32.3 Å². The van der Waals surface area contributed by atoms with Gasteiger partial charge in [0.15, 0.2) is 0 Å². The van der Waals surface area contributed by atoms with Gasteiger partial charge in [0, 0.05) is 0 Å². The van der Waals surface area contributed by atoms with Gasteiger partial charge in [0.05, 0.1) is 0 Å². The van der Waals surface area contributed by atoms with E-state index in [0.29, 0.717) is 0 Å². The van der Waals surface area contributed by atoms with Crippen molar-refractivity contribution in [2.45, 2.75) is 0 Å². The van der Waals surface area contributed by atoms with Gasteiger partial charge < -0.3 is 0 Å². The minimum absolute atomic E-state index is 1.21. The lowest BCUT2D eigenvalue weighted by molar-refractivity contribution is 1.59. The van der Waals surface area contributed by atoms with Crippen molar-refractivity contribution in [2.24, 2.45) is 0 Å². The van der Waals surface area contributed by atoms with Crippen LogP contribution in [-0.4, -0.2) is 0 Å². The molecule has 0 heterocycles. The molecule has 0 aliphatic heterocycles. The first-order valence-electron chi connectivity index (χ1n) is 23.0. The summed E-state index contributed by atoms with van der Waals surface area (Å²) in [7, 11) is 0. The first kappa shape index (κ1) is 36.9. The number of hydrogen-bond acceptors (Lipinski definition) is 0. The molecule has 0 N–H and O–H groups in total. The summed E-state index contributed by atoms with van der Waals surface area (Å²) in [6, 6.07) is 90.2. The summed E-state index contributed by atoms with van der Waals surface area (Å²) in [5.41, 5.74) is 25.4. The molecule has 14 rings (SSSR count). The van der Waals surface area contributed by atoms with Gasteiger partial charge in [-0.15, -0.1) is 0 Å². The maximum Gasteiger partial charge on any atom is -0.000717 e. The van der Waals surface area contributed by atoms with Crippen LogP contribution in [0.4, 0.5) is 0 Å². The average molecular weight is 833 g/mol. The van der Waals surface area contributed by atoms with E-state index in [9.17, 15) is 0 Å². The molecule has 0 atom stereocenters. The molecule has 0 bridgehead atoms. The minimum atomic E-state index is 1.21. The van der Waals surface area contributed by atoms with Gasteiger partial charge in [0.2, 0.25) is 0 Å². The zero-order valence-corrected chi connectivity index (χ0v) is 36.1. The fraction of sp³-hybridized carbons (Fsp3) is 0. The van der Waals surface area contributed by atoms with E-state index in [1.165, 1.54) is 144 Å². The van der Waals surface area contributed by atoms with Crippen LogP contribution >= 0.6 is 0 Å². The lowest BCUT2D eigenvalue weighted by atomic mass is 9.78. The summed E-state index contributed by atoms with van der Waals surface area (Å²) in [6.45, 7) is 0. The highest BCUT2D eigenvalue weighted by Crippen LogP contribution is 2.65. The van der Waals surface area contributed by atoms with Crippen molar-refractivity contribution in [3.8, 4) is 111 Å². The van der Waals surface area contributed by atoms with E-state index >= 15 is 0 Å². The number of hydrogen-bond donors (Lipinski definition) is 0. The van der Waals surface area contributed by atoms with Gasteiger partial charge >= 0.3 is 0 Å². The predicted molar refractivity (Wildman–Crippen MR) is 280 cm³/mol. The van der Waals surface area contributed by atoms with E-state index < -0.39 is 0 Å². The third-order valence-electron chi connectivity index (χ3n) is 14.3. The van der Waals surface area contributed by atoms with Crippen molar-refractivity contribution in [2.75, 3.05) is 0 Å². The van der Waals surface area contributed by atoms with Crippen LogP contribution in [0.2, 0.25) is 0 Å². The topological polar surface area (TPSA) is 0 Å². The molecule has 0 spiro atoms. The van der Waals surface area contributed by atoms with Crippen LogP contribution in [0.15, 0.2) is 243 Å². The summed E-state index contributed by atoms with van der Waals surface area (Å²) in [5.74, 6) is 0. The molecule has 0 amide bonds. The van der Waals surface area contributed by atoms with Gasteiger partial charge in [-0.3, -0.25) is 0 Å². The summed E-state index contributed by atoms with van der Waals surface area (Å²) >= 11 is 0. The average Bonchev–Trinajstić information content (AvgIpc) is 3.90. The van der Waals surface area contributed by atoms with Gasteiger partial charge in [-0.05, 0) is 144 Å². The zero-order valence-electron chi connectivity index (χ0n) is 36.1. The Kier molecular flexibility index (Phi) is 8.08. The molecule has 0 unspecified atom stereocenters. The standard InChI is InChI=1S/C66H40/c1-7-21-41(22-8-1)47-35-36-48(42-23-9-2-10-24-42)62-58(46-31-17-6-18-32-46)66-54-40-38-52-59-51(37-39-53(60(54)59)65(66)57(61(47)62)45-29-15-5-16-30-45)63-55(43-25-11-3-12-26-43)49-33-19-20-34-50(49)56(64(52)63)44-27-13-4-14-28-44/h1-40H. The maximum absolute atomic E-state index is 2.47. The fourth-order valence-electron chi connectivity index (χ4n) is 11.8. The van der Waals surface area contributed by atoms with Crippen LogP contribution in [0.5, 0.6) is 0 Å². The van der Waals surface area contributed by atoms with E-state index in [2.05, 4.69) is 243 Å². The lowest BCUT2D eigenvalue weighted by Crippen LogP contribution is -1.97. The Morgan fingerprint density at radius 2 is 0.364 bits per heavy atom. The molecule has 0 saturated heterocycles. The van der Waals surface area contributed by atoms with Crippen molar-refractivity contribution in [3.63, 3.8) is 0 Å². The molecule has 0 aromatic heterocycles. The minimum Gasteiger partial charge on any atom is -0.0622 e. The second kappa shape index (κ2) is 14.5. The Morgan fingerprint density at radius 1 is 0.136 bits per heavy atom. The second-order valence-corrected chi connectivity index (χ2v) is 17.7. The molecule has 0 heteroatoms. The highest BCUT2D eigenvalue weighted by Gasteiger charge is 2.38. The molecular weight excluding hydrogens is 793 g/mol. The van der Waals surface area contributed by atoms with Crippen LogP contribution in [0.3, 0.4) is 0 Å². The van der Waals surface area contributed by atoms with Gasteiger partial charge in [-0.25, -0.2) is 0 Å². The van der Waals surface area contributed by atoms with E-state index in [1.54, 1.807) is 0 Å². The third-order valence-corrected chi connectivity index (χ3v) is 14.3. The Balaban J connectivity index is 1.20. The monoisotopic (exact) mass is 832 g/mol. The molecule has 0 nitrogen and oxygen atoms in total. The molecule has 12 aromatic rings. The van der Waals surface area contributed by atoms with Crippen molar-refractivity contribution in [1.82, 2.24) is 0 Å². The van der Waals surface area contributed by atoms with Crippen molar-refractivity contribution in [3.05, 3.63) is 243 Å². The van der Waals surface area contributed by atoms with E-state index in [0.717, 1.165) is 0 Å². The molecule has 304 valence electrons. The number of fused-ring (bicyclic) bond motifs is 8. The SMILES string of the molecule is c1ccc(-c2c3c(c(-c4ccccc4)c4ccccc24)-c2ccc4c5c(ccc-3c25)-c2c-4c(-c3ccccc3)c3c(-c4ccccc4)ccc(-c4ccccc4)c3c2-c2ccccc2)cc1. The summed E-state index contributed by atoms with van der Waals surface area (Å²) < 4.78 is 0. The molecule has 0 radical (unpaired) electrons. The predicted octanol–water partition coefficient (Wildman–Crippen LogP) is 18.4. The second-order valence-electron chi connectivity index (χ2n) is 17.7. The highest BCUT2D eigenvalue weighted by molar-refractivity contribution is 6.36. The third kappa shape index (κ3) is 5.21. The van der Waals surface area contributed by atoms with Crippen molar-refractivity contribution in [1.29, 1.82) is 0 Å². The van der Waals surface area contributed by atoms with Gasteiger partial charge in [0.1, 0.15) is 0 Å². The Morgan fingerprint density at radius 3 is 0.667 bits per heavy atom. The van der Waals surface area contributed by atoms with Gasteiger partial charge in [0.25, 0.3) is 0 Å². The number of rotatable bonds is 6. The van der Waals surface area contributed by atoms with Gasteiger partial charge in [-0.2, -0.15) is 0 Å². The molecule has 0 fully saturated rings.